The lowest BCUT2D eigenvalue weighted by molar-refractivity contribution is -0.385. The molecule has 20 heavy (non-hydrogen) atoms. The zero-order valence-corrected chi connectivity index (χ0v) is 12.7. The van der Waals surface area contributed by atoms with Crippen LogP contribution in [-0.4, -0.2) is 16.2 Å². The second kappa shape index (κ2) is 7.09. The van der Waals surface area contributed by atoms with Gasteiger partial charge in [0.05, 0.1) is 4.92 Å². The van der Waals surface area contributed by atoms with Crippen LogP contribution in [0.4, 0.5) is 5.69 Å². The van der Waals surface area contributed by atoms with Crippen LogP contribution in [0.5, 0.6) is 0 Å². The fourth-order valence-electron chi connectivity index (χ4n) is 2.66. The maximum Gasteiger partial charge on any atom is 0.269 e. The Kier molecular flexibility index (Phi) is 5.43. The van der Waals surface area contributed by atoms with Gasteiger partial charge in [-0.3, -0.25) is 10.1 Å². The van der Waals surface area contributed by atoms with E-state index in [9.17, 15) is 10.1 Å². The minimum absolute atomic E-state index is 0.0164. The van der Waals surface area contributed by atoms with E-state index in [2.05, 4.69) is 0 Å². The van der Waals surface area contributed by atoms with Crippen LogP contribution in [0.1, 0.15) is 44.6 Å². The van der Waals surface area contributed by atoms with Crippen LogP contribution in [0.2, 0.25) is 0 Å². The van der Waals surface area contributed by atoms with Crippen molar-refractivity contribution in [1.82, 2.24) is 0 Å². The molecule has 0 saturated heterocycles. The molecule has 2 rings (SSSR count). The van der Waals surface area contributed by atoms with Gasteiger partial charge in [-0.25, -0.2) is 0 Å². The first-order chi connectivity index (χ1) is 9.56. The van der Waals surface area contributed by atoms with E-state index in [4.69, 9.17) is 5.73 Å². The number of nitrogens with zero attached hydrogens (tertiary/aromatic N) is 1. The van der Waals surface area contributed by atoms with Crippen molar-refractivity contribution in [3.05, 3.63) is 33.9 Å². The van der Waals surface area contributed by atoms with Gasteiger partial charge >= 0.3 is 0 Å². The molecule has 1 fully saturated rings. The Balaban J connectivity index is 2.18. The van der Waals surface area contributed by atoms with Crippen molar-refractivity contribution in [2.45, 2.75) is 61.6 Å². The summed E-state index contributed by atoms with van der Waals surface area (Å²) in [7, 11) is 0. The molecule has 1 unspecified atom stereocenters. The highest BCUT2D eigenvalue weighted by molar-refractivity contribution is 8.00. The molecule has 5 heteroatoms. The van der Waals surface area contributed by atoms with E-state index in [0.717, 1.165) is 5.56 Å². The molecule has 0 amide bonds. The maximum absolute atomic E-state index is 10.9. The first-order valence-corrected chi connectivity index (χ1v) is 8.14. The van der Waals surface area contributed by atoms with Crippen molar-refractivity contribution < 1.29 is 4.92 Å². The highest BCUT2D eigenvalue weighted by Crippen LogP contribution is 2.36. The number of hydrogen-bond donors (Lipinski definition) is 1. The summed E-state index contributed by atoms with van der Waals surface area (Å²) in [4.78, 5) is 11.7. The first kappa shape index (κ1) is 15.3. The third-order valence-electron chi connectivity index (χ3n) is 3.64. The Morgan fingerprint density at radius 2 is 2.10 bits per heavy atom. The molecule has 1 aliphatic rings. The molecule has 0 spiro atoms. The Morgan fingerprint density at radius 3 is 2.70 bits per heavy atom. The third kappa shape index (κ3) is 4.21. The zero-order chi connectivity index (χ0) is 14.5. The molecular formula is C15H22N2O2S. The van der Waals surface area contributed by atoms with Crippen LogP contribution in [0.15, 0.2) is 23.1 Å². The summed E-state index contributed by atoms with van der Waals surface area (Å²) in [6.45, 7) is 1.94. The Bertz CT molecular complexity index is 471. The molecule has 1 saturated carbocycles. The van der Waals surface area contributed by atoms with Crippen molar-refractivity contribution in [2.75, 3.05) is 0 Å². The summed E-state index contributed by atoms with van der Waals surface area (Å²) in [5.74, 6) is 0. The number of non-ortho nitro benzene ring substituents is 1. The van der Waals surface area contributed by atoms with Crippen LogP contribution >= 0.6 is 11.8 Å². The van der Waals surface area contributed by atoms with Gasteiger partial charge in [0, 0.05) is 28.3 Å². The second-order valence-corrected chi connectivity index (χ2v) is 6.95. The van der Waals surface area contributed by atoms with E-state index >= 15 is 0 Å². The molecule has 0 aliphatic heterocycles. The van der Waals surface area contributed by atoms with Gasteiger partial charge in [0.25, 0.3) is 5.69 Å². The molecule has 4 nitrogen and oxygen atoms in total. The SMILES string of the molecule is CC(N)Cc1cc([N+](=O)[O-])ccc1SC1CCCCC1. The molecular weight excluding hydrogens is 272 g/mol. The average molecular weight is 294 g/mol. The summed E-state index contributed by atoms with van der Waals surface area (Å²) in [5.41, 5.74) is 7.05. The molecule has 0 radical (unpaired) electrons. The van der Waals surface area contributed by atoms with Gasteiger partial charge < -0.3 is 5.73 Å². The maximum atomic E-state index is 10.9. The van der Waals surface area contributed by atoms with Gasteiger partial charge in [-0.15, -0.1) is 11.8 Å². The molecule has 110 valence electrons. The lowest BCUT2D eigenvalue weighted by Crippen LogP contribution is -2.18. The number of nitro groups is 1. The van der Waals surface area contributed by atoms with Gasteiger partial charge in [-0.1, -0.05) is 19.3 Å². The topological polar surface area (TPSA) is 69.2 Å². The highest BCUT2D eigenvalue weighted by atomic mass is 32.2. The molecule has 1 aromatic carbocycles. The van der Waals surface area contributed by atoms with Gasteiger partial charge in [0.1, 0.15) is 0 Å². The largest absolute Gasteiger partial charge is 0.328 e. The number of thioether (sulfide) groups is 1. The first-order valence-electron chi connectivity index (χ1n) is 7.26. The van der Waals surface area contributed by atoms with Crippen LogP contribution in [0.25, 0.3) is 0 Å². The number of hydrogen-bond acceptors (Lipinski definition) is 4. The zero-order valence-electron chi connectivity index (χ0n) is 11.9. The monoisotopic (exact) mass is 294 g/mol. The third-order valence-corrected chi connectivity index (χ3v) is 5.10. The molecule has 1 atom stereocenters. The predicted octanol–water partition coefficient (Wildman–Crippen LogP) is 3.91. The van der Waals surface area contributed by atoms with Crippen LogP contribution < -0.4 is 5.73 Å². The summed E-state index contributed by atoms with van der Waals surface area (Å²) in [6, 6.07) is 5.21. The van der Waals surface area contributed by atoms with Crippen LogP contribution in [0, 0.1) is 10.1 Å². The number of rotatable bonds is 5. The van der Waals surface area contributed by atoms with E-state index in [-0.39, 0.29) is 16.7 Å². The van der Waals surface area contributed by atoms with Crippen molar-refractivity contribution in [3.8, 4) is 0 Å². The summed E-state index contributed by atoms with van der Waals surface area (Å²) < 4.78 is 0. The summed E-state index contributed by atoms with van der Waals surface area (Å²) in [6.07, 6.45) is 7.12. The summed E-state index contributed by atoms with van der Waals surface area (Å²) >= 11 is 1.88. The van der Waals surface area contributed by atoms with Gasteiger partial charge in [-0.05, 0) is 37.8 Å². The van der Waals surface area contributed by atoms with E-state index in [1.165, 1.54) is 37.0 Å². The summed E-state index contributed by atoms with van der Waals surface area (Å²) in [5, 5.41) is 11.6. The Labute approximate surface area is 124 Å². The van der Waals surface area contributed by atoms with E-state index < -0.39 is 0 Å². The quantitative estimate of drug-likeness (QED) is 0.660. The number of nitrogens with two attached hydrogens (primary N) is 1. The Hall–Kier alpha value is -1.07. The molecule has 2 N–H and O–H groups in total. The Morgan fingerprint density at radius 1 is 1.40 bits per heavy atom. The van der Waals surface area contributed by atoms with Crippen molar-refractivity contribution in [2.24, 2.45) is 5.73 Å². The smallest absolute Gasteiger partial charge is 0.269 e. The standard InChI is InChI=1S/C15H22N2O2S/c1-11(16)9-12-10-13(17(18)19)7-8-15(12)20-14-5-3-2-4-6-14/h7-8,10-11,14H,2-6,9,16H2,1H3. The molecule has 1 aliphatic carbocycles. The van der Waals surface area contributed by atoms with Crippen molar-refractivity contribution in [1.29, 1.82) is 0 Å². The minimum atomic E-state index is -0.334. The van der Waals surface area contributed by atoms with Crippen LogP contribution in [0.3, 0.4) is 0 Å². The molecule has 0 heterocycles. The number of benzene rings is 1. The second-order valence-electron chi connectivity index (χ2n) is 5.61. The van der Waals surface area contributed by atoms with E-state index in [0.29, 0.717) is 11.7 Å². The fourth-order valence-corrected chi connectivity index (χ4v) is 4.03. The lowest BCUT2D eigenvalue weighted by Gasteiger charge is -2.22. The number of nitro benzene ring substituents is 1. The van der Waals surface area contributed by atoms with E-state index in [1.54, 1.807) is 12.1 Å². The van der Waals surface area contributed by atoms with E-state index in [1.807, 2.05) is 24.8 Å². The van der Waals surface area contributed by atoms with Gasteiger partial charge in [-0.2, -0.15) is 0 Å². The van der Waals surface area contributed by atoms with Crippen molar-refractivity contribution in [3.63, 3.8) is 0 Å². The fraction of sp³-hybridized carbons (Fsp3) is 0.600. The predicted molar refractivity (Wildman–Crippen MR) is 83.2 cm³/mol. The minimum Gasteiger partial charge on any atom is -0.328 e. The lowest BCUT2D eigenvalue weighted by atomic mass is 10.0. The van der Waals surface area contributed by atoms with Crippen LogP contribution in [-0.2, 0) is 6.42 Å². The molecule has 1 aromatic rings. The molecule has 0 bridgehead atoms. The highest BCUT2D eigenvalue weighted by Gasteiger charge is 2.18. The average Bonchev–Trinajstić information content (AvgIpc) is 2.41. The normalized spacial score (nSPS) is 17.9. The van der Waals surface area contributed by atoms with Gasteiger partial charge in [0.2, 0.25) is 0 Å². The van der Waals surface area contributed by atoms with Crippen molar-refractivity contribution >= 4 is 17.4 Å². The van der Waals surface area contributed by atoms with Gasteiger partial charge in [0.15, 0.2) is 0 Å². The molecule has 0 aromatic heterocycles.